The summed E-state index contributed by atoms with van der Waals surface area (Å²) in [5.74, 6) is -0.238. The molecule has 108 valence electrons. The van der Waals surface area contributed by atoms with Crippen LogP contribution in [0.2, 0.25) is 5.02 Å². The van der Waals surface area contributed by atoms with E-state index >= 15 is 0 Å². The minimum absolute atomic E-state index is 0.0851. The first-order valence-electron chi connectivity index (χ1n) is 5.90. The maximum atomic E-state index is 13.7. The number of carbonyl (C=O) groups is 1. The van der Waals surface area contributed by atoms with Gasteiger partial charge in [0.1, 0.15) is 5.82 Å². The second-order valence-electron chi connectivity index (χ2n) is 4.26. The van der Waals surface area contributed by atoms with Crippen LogP contribution in [0.25, 0.3) is 0 Å². The summed E-state index contributed by atoms with van der Waals surface area (Å²) in [5.41, 5.74) is 0.239. The van der Waals surface area contributed by atoms with E-state index in [1.54, 1.807) is 6.07 Å². The number of carbonyl (C=O) groups excluding carboxylic acids is 1. The van der Waals surface area contributed by atoms with E-state index in [0.717, 1.165) is 0 Å². The molecule has 21 heavy (non-hydrogen) atoms. The molecule has 2 aromatic rings. The average molecular weight is 373 g/mol. The topological polar surface area (TPSA) is 47.6 Å². The summed E-state index contributed by atoms with van der Waals surface area (Å²) in [5, 5.41) is 2.84. The summed E-state index contributed by atoms with van der Waals surface area (Å²) >= 11 is 9.25. The highest BCUT2D eigenvalue weighted by molar-refractivity contribution is 9.10. The Morgan fingerprint density at radius 3 is 2.71 bits per heavy atom. The zero-order valence-corrected chi connectivity index (χ0v) is 12.8. The van der Waals surface area contributed by atoms with Crippen molar-refractivity contribution in [3.05, 3.63) is 51.2 Å². The molecular weight excluding hydrogens is 365 g/mol. The summed E-state index contributed by atoms with van der Waals surface area (Å²) < 4.78 is 24.7. The lowest BCUT2D eigenvalue weighted by atomic mass is 10.2. The minimum Gasteiger partial charge on any atom is -0.454 e. The molecule has 1 aliphatic rings. The maximum absolute atomic E-state index is 13.7. The van der Waals surface area contributed by atoms with E-state index in [2.05, 4.69) is 21.2 Å². The van der Waals surface area contributed by atoms with Gasteiger partial charge in [-0.15, -0.1) is 0 Å². The van der Waals surface area contributed by atoms with E-state index in [0.29, 0.717) is 21.7 Å². The lowest BCUT2D eigenvalue weighted by Gasteiger charge is -2.09. The fraction of sp³-hybridized carbons (Fsp3) is 0.0714. The van der Waals surface area contributed by atoms with Gasteiger partial charge in [0.2, 0.25) is 6.79 Å². The van der Waals surface area contributed by atoms with Crippen LogP contribution in [0.1, 0.15) is 10.4 Å². The fourth-order valence-electron chi connectivity index (χ4n) is 1.87. The molecule has 0 saturated carbocycles. The molecule has 1 amide bonds. The average Bonchev–Trinajstić information content (AvgIpc) is 2.88. The van der Waals surface area contributed by atoms with Gasteiger partial charge in [0.15, 0.2) is 11.5 Å². The predicted molar refractivity (Wildman–Crippen MR) is 79.6 cm³/mol. The van der Waals surface area contributed by atoms with Gasteiger partial charge in [0.25, 0.3) is 5.91 Å². The number of hydrogen-bond donors (Lipinski definition) is 1. The van der Waals surface area contributed by atoms with Crippen molar-refractivity contribution >= 4 is 39.1 Å². The van der Waals surface area contributed by atoms with E-state index in [1.807, 2.05) is 0 Å². The molecule has 0 atom stereocenters. The van der Waals surface area contributed by atoms with Crippen LogP contribution in [0.15, 0.2) is 34.8 Å². The standard InChI is InChI=1S/C14H8BrClFNO3/c15-7-1-2-10(17)8(3-7)14(19)18-11-5-13-12(4-9(11)16)20-6-21-13/h1-5H,6H2,(H,18,19). The number of anilines is 1. The van der Waals surface area contributed by atoms with Crippen LogP contribution in [0.3, 0.4) is 0 Å². The molecule has 1 N–H and O–H groups in total. The molecule has 4 nitrogen and oxygen atoms in total. The van der Waals surface area contributed by atoms with Crippen molar-refractivity contribution in [1.29, 1.82) is 0 Å². The molecular formula is C14H8BrClFNO3. The van der Waals surface area contributed by atoms with Crippen LogP contribution in [0, 0.1) is 5.82 Å². The van der Waals surface area contributed by atoms with Gasteiger partial charge in [-0.3, -0.25) is 4.79 Å². The van der Waals surface area contributed by atoms with Gasteiger partial charge < -0.3 is 14.8 Å². The van der Waals surface area contributed by atoms with Crippen molar-refractivity contribution in [3.8, 4) is 11.5 Å². The van der Waals surface area contributed by atoms with Crippen LogP contribution in [-0.2, 0) is 0 Å². The number of nitrogens with one attached hydrogen (secondary N) is 1. The molecule has 0 spiro atoms. The second kappa shape index (κ2) is 5.54. The lowest BCUT2D eigenvalue weighted by molar-refractivity contribution is 0.102. The lowest BCUT2D eigenvalue weighted by Crippen LogP contribution is -2.14. The Labute approximate surface area is 132 Å². The van der Waals surface area contributed by atoms with E-state index in [9.17, 15) is 9.18 Å². The van der Waals surface area contributed by atoms with Gasteiger partial charge in [-0.25, -0.2) is 4.39 Å². The van der Waals surface area contributed by atoms with E-state index in [4.69, 9.17) is 21.1 Å². The molecule has 1 heterocycles. The summed E-state index contributed by atoms with van der Waals surface area (Å²) in [4.78, 5) is 12.1. The highest BCUT2D eigenvalue weighted by Gasteiger charge is 2.19. The minimum atomic E-state index is -0.618. The molecule has 3 rings (SSSR count). The Bertz CT molecular complexity index is 738. The van der Waals surface area contributed by atoms with Crippen molar-refractivity contribution in [2.24, 2.45) is 0 Å². The van der Waals surface area contributed by atoms with Crippen molar-refractivity contribution in [2.45, 2.75) is 0 Å². The monoisotopic (exact) mass is 371 g/mol. The van der Waals surface area contributed by atoms with Gasteiger partial charge in [-0.05, 0) is 18.2 Å². The molecule has 0 bridgehead atoms. The Balaban J connectivity index is 1.90. The molecule has 1 aliphatic heterocycles. The maximum Gasteiger partial charge on any atom is 0.258 e. The number of ether oxygens (including phenoxy) is 2. The third-order valence-electron chi connectivity index (χ3n) is 2.88. The molecule has 2 aromatic carbocycles. The molecule has 0 unspecified atom stereocenters. The summed E-state index contributed by atoms with van der Waals surface area (Å²) in [6.07, 6.45) is 0. The van der Waals surface area contributed by atoms with Crippen LogP contribution >= 0.6 is 27.5 Å². The van der Waals surface area contributed by atoms with Gasteiger partial charge in [-0.2, -0.15) is 0 Å². The molecule has 0 saturated heterocycles. The Morgan fingerprint density at radius 2 is 1.95 bits per heavy atom. The SMILES string of the molecule is O=C(Nc1cc2c(cc1Cl)OCO2)c1cc(Br)ccc1F. The summed E-state index contributed by atoms with van der Waals surface area (Å²) in [6.45, 7) is 0.101. The van der Waals surface area contributed by atoms with Crippen molar-refractivity contribution < 1.29 is 18.7 Å². The van der Waals surface area contributed by atoms with Crippen molar-refractivity contribution in [1.82, 2.24) is 0 Å². The number of fused-ring (bicyclic) bond motifs is 1. The number of rotatable bonds is 2. The van der Waals surface area contributed by atoms with Crippen LogP contribution in [-0.4, -0.2) is 12.7 Å². The highest BCUT2D eigenvalue weighted by Crippen LogP contribution is 2.39. The second-order valence-corrected chi connectivity index (χ2v) is 5.59. The number of amides is 1. The van der Waals surface area contributed by atoms with Gasteiger partial charge in [0, 0.05) is 16.6 Å². The molecule has 7 heteroatoms. The first kappa shape index (κ1) is 14.2. The van der Waals surface area contributed by atoms with Gasteiger partial charge in [0.05, 0.1) is 16.3 Å². The first-order valence-corrected chi connectivity index (χ1v) is 7.07. The van der Waals surface area contributed by atoms with E-state index in [1.165, 1.54) is 24.3 Å². The largest absolute Gasteiger partial charge is 0.454 e. The van der Waals surface area contributed by atoms with Crippen molar-refractivity contribution in [2.75, 3.05) is 12.1 Å². The van der Waals surface area contributed by atoms with Crippen LogP contribution in [0.4, 0.5) is 10.1 Å². The van der Waals surface area contributed by atoms with Gasteiger partial charge in [-0.1, -0.05) is 27.5 Å². The van der Waals surface area contributed by atoms with Crippen molar-refractivity contribution in [3.63, 3.8) is 0 Å². The molecule has 0 aromatic heterocycles. The third kappa shape index (κ3) is 2.82. The van der Waals surface area contributed by atoms with Crippen LogP contribution in [0.5, 0.6) is 11.5 Å². The molecule has 0 fully saturated rings. The van der Waals surface area contributed by atoms with E-state index in [-0.39, 0.29) is 17.4 Å². The zero-order chi connectivity index (χ0) is 15.0. The van der Waals surface area contributed by atoms with Gasteiger partial charge >= 0.3 is 0 Å². The number of hydrogen-bond acceptors (Lipinski definition) is 3. The zero-order valence-electron chi connectivity index (χ0n) is 10.5. The quantitative estimate of drug-likeness (QED) is 0.858. The Kier molecular flexibility index (Phi) is 3.73. The summed E-state index contributed by atoms with van der Waals surface area (Å²) in [6, 6.07) is 7.20. The normalized spacial score (nSPS) is 12.3. The predicted octanol–water partition coefficient (Wildman–Crippen LogP) is 4.22. The number of benzene rings is 2. The molecule has 0 aliphatic carbocycles. The fourth-order valence-corrected chi connectivity index (χ4v) is 2.44. The van der Waals surface area contributed by atoms with Crippen LogP contribution < -0.4 is 14.8 Å². The number of halogens is 3. The Morgan fingerprint density at radius 1 is 1.24 bits per heavy atom. The molecule has 0 radical (unpaired) electrons. The summed E-state index contributed by atoms with van der Waals surface area (Å²) in [7, 11) is 0. The first-order chi connectivity index (χ1) is 10.0. The van der Waals surface area contributed by atoms with E-state index < -0.39 is 11.7 Å². The smallest absolute Gasteiger partial charge is 0.258 e. The third-order valence-corrected chi connectivity index (χ3v) is 3.69. The highest BCUT2D eigenvalue weighted by atomic mass is 79.9. The Hall–Kier alpha value is -1.79.